The van der Waals surface area contributed by atoms with E-state index in [1.54, 1.807) is 6.20 Å². The zero-order valence-electron chi connectivity index (χ0n) is 12.8. The maximum Gasteiger partial charge on any atom is 0.271 e. The van der Waals surface area contributed by atoms with Gasteiger partial charge in [-0.1, -0.05) is 45.2 Å². The zero-order chi connectivity index (χ0) is 15.1. The molecule has 4 nitrogen and oxygen atoms in total. The molecule has 1 heterocycles. The van der Waals surface area contributed by atoms with Gasteiger partial charge in [-0.2, -0.15) is 0 Å². The lowest BCUT2D eigenvalue weighted by atomic mass is 9.99. The molecule has 0 bridgehead atoms. The largest absolute Gasteiger partial charge is 0.350 e. The van der Waals surface area contributed by atoms with Crippen LogP contribution < -0.4 is 5.32 Å². The number of nitrogens with zero attached hydrogens (tertiary/aromatic N) is 2. The Hall–Kier alpha value is -1.97. The summed E-state index contributed by atoms with van der Waals surface area (Å²) in [5.41, 5.74) is 1.95. The van der Waals surface area contributed by atoms with Crippen molar-refractivity contribution in [3.05, 3.63) is 36.2 Å². The number of unbranched alkanes of at least 4 members (excludes halogenated alkanes) is 1. The SMILES string of the molecule is CCCCC(CC)CNC(=O)c1cnc2ccccc2n1. The van der Waals surface area contributed by atoms with E-state index in [2.05, 4.69) is 29.1 Å². The molecule has 0 radical (unpaired) electrons. The lowest BCUT2D eigenvalue weighted by molar-refractivity contribution is 0.0941. The number of carbonyl (C=O) groups excluding carboxylic acids is 1. The van der Waals surface area contributed by atoms with E-state index >= 15 is 0 Å². The maximum absolute atomic E-state index is 12.2. The van der Waals surface area contributed by atoms with Crippen molar-refractivity contribution in [3.8, 4) is 0 Å². The summed E-state index contributed by atoms with van der Waals surface area (Å²) in [7, 11) is 0. The van der Waals surface area contributed by atoms with Crippen molar-refractivity contribution in [2.75, 3.05) is 6.54 Å². The molecule has 4 heteroatoms. The summed E-state index contributed by atoms with van der Waals surface area (Å²) in [6.07, 6.45) is 6.20. The van der Waals surface area contributed by atoms with Crippen LogP contribution in [0.25, 0.3) is 11.0 Å². The average Bonchev–Trinajstić information content (AvgIpc) is 2.54. The molecule has 0 aliphatic carbocycles. The van der Waals surface area contributed by atoms with E-state index in [1.807, 2.05) is 24.3 Å². The molecule has 1 atom stereocenters. The van der Waals surface area contributed by atoms with Gasteiger partial charge in [-0.15, -0.1) is 0 Å². The molecule has 0 fully saturated rings. The van der Waals surface area contributed by atoms with Crippen LogP contribution in [-0.2, 0) is 0 Å². The van der Waals surface area contributed by atoms with Crippen molar-refractivity contribution in [1.82, 2.24) is 15.3 Å². The maximum atomic E-state index is 12.2. The molecule has 0 aliphatic rings. The molecule has 2 aromatic rings. The van der Waals surface area contributed by atoms with E-state index in [1.165, 1.54) is 12.8 Å². The van der Waals surface area contributed by atoms with Crippen LogP contribution in [-0.4, -0.2) is 22.4 Å². The number of amides is 1. The highest BCUT2D eigenvalue weighted by atomic mass is 16.1. The summed E-state index contributed by atoms with van der Waals surface area (Å²) in [4.78, 5) is 20.8. The Morgan fingerprint density at radius 1 is 1.24 bits per heavy atom. The third-order valence-electron chi connectivity index (χ3n) is 3.78. The lowest BCUT2D eigenvalue weighted by Gasteiger charge is -2.15. The van der Waals surface area contributed by atoms with E-state index < -0.39 is 0 Å². The highest BCUT2D eigenvalue weighted by molar-refractivity contribution is 5.93. The zero-order valence-corrected chi connectivity index (χ0v) is 12.8. The van der Waals surface area contributed by atoms with E-state index in [0.717, 1.165) is 23.9 Å². The van der Waals surface area contributed by atoms with Crippen LogP contribution in [0.15, 0.2) is 30.5 Å². The van der Waals surface area contributed by atoms with Crippen molar-refractivity contribution in [2.24, 2.45) is 5.92 Å². The number of aromatic nitrogens is 2. The molecule has 1 aromatic heterocycles. The third kappa shape index (κ3) is 4.25. The molecule has 0 aliphatic heterocycles. The fourth-order valence-corrected chi connectivity index (χ4v) is 2.34. The average molecular weight is 285 g/mol. The Balaban J connectivity index is 1.98. The van der Waals surface area contributed by atoms with Gasteiger partial charge in [0.25, 0.3) is 5.91 Å². The molecule has 21 heavy (non-hydrogen) atoms. The smallest absolute Gasteiger partial charge is 0.271 e. The number of hydrogen-bond donors (Lipinski definition) is 1. The fourth-order valence-electron chi connectivity index (χ4n) is 2.34. The molecule has 0 saturated heterocycles. The lowest BCUT2D eigenvalue weighted by Crippen LogP contribution is -2.29. The number of para-hydroxylation sites is 2. The molecule has 0 spiro atoms. The van der Waals surface area contributed by atoms with Gasteiger partial charge >= 0.3 is 0 Å². The van der Waals surface area contributed by atoms with Crippen LogP contribution in [0.2, 0.25) is 0 Å². The first-order valence-corrected chi connectivity index (χ1v) is 7.74. The van der Waals surface area contributed by atoms with Gasteiger partial charge in [0.2, 0.25) is 0 Å². The highest BCUT2D eigenvalue weighted by Gasteiger charge is 2.11. The summed E-state index contributed by atoms with van der Waals surface area (Å²) < 4.78 is 0. The van der Waals surface area contributed by atoms with Crippen molar-refractivity contribution in [1.29, 1.82) is 0 Å². The molecule has 1 aromatic carbocycles. The first-order chi connectivity index (χ1) is 10.2. The number of fused-ring (bicyclic) bond motifs is 1. The molecule has 112 valence electrons. The quantitative estimate of drug-likeness (QED) is 0.846. The number of hydrogen-bond acceptors (Lipinski definition) is 3. The van der Waals surface area contributed by atoms with Crippen molar-refractivity contribution in [3.63, 3.8) is 0 Å². The second kappa shape index (κ2) is 7.72. The van der Waals surface area contributed by atoms with Crippen LogP contribution in [0.5, 0.6) is 0 Å². The van der Waals surface area contributed by atoms with Crippen molar-refractivity contribution >= 4 is 16.9 Å². The number of nitrogens with one attached hydrogen (secondary N) is 1. The van der Waals surface area contributed by atoms with Gasteiger partial charge < -0.3 is 5.32 Å². The van der Waals surface area contributed by atoms with Gasteiger partial charge in [0.15, 0.2) is 0 Å². The number of carbonyl (C=O) groups is 1. The highest BCUT2D eigenvalue weighted by Crippen LogP contribution is 2.12. The Morgan fingerprint density at radius 2 is 2.00 bits per heavy atom. The molecule has 1 amide bonds. The summed E-state index contributed by atoms with van der Waals surface area (Å²) >= 11 is 0. The van der Waals surface area contributed by atoms with E-state index in [9.17, 15) is 4.79 Å². The van der Waals surface area contributed by atoms with Crippen LogP contribution in [0, 0.1) is 5.92 Å². The minimum atomic E-state index is -0.136. The molecule has 1 N–H and O–H groups in total. The van der Waals surface area contributed by atoms with Gasteiger partial charge in [-0.05, 0) is 24.5 Å². The van der Waals surface area contributed by atoms with Crippen molar-refractivity contribution in [2.45, 2.75) is 39.5 Å². The van der Waals surface area contributed by atoms with Gasteiger partial charge in [0.05, 0.1) is 17.2 Å². The summed E-state index contributed by atoms with van der Waals surface area (Å²) in [6, 6.07) is 7.57. The second-order valence-corrected chi connectivity index (χ2v) is 5.37. The van der Waals surface area contributed by atoms with Crippen LogP contribution >= 0.6 is 0 Å². The van der Waals surface area contributed by atoms with Crippen molar-refractivity contribution < 1.29 is 4.79 Å². The minimum absolute atomic E-state index is 0.136. The first kappa shape index (κ1) is 15.4. The predicted octanol–water partition coefficient (Wildman–Crippen LogP) is 3.58. The van der Waals surface area contributed by atoms with E-state index in [-0.39, 0.29) is 5.91 Å². The van der Waals surface area contributed by atoms with E-state index in [0.29, 0.717) is 18.2 Å². The molecule has 2 rings (SSSR count). The van der Waals surface area contributed by atoms with Gasteiger partial charge in [0, 0.05) is 6.54 Å². The molecular weight excluding hydrogens is 262 g/mol. The third-order valence-corrected chi connectivity index (χ3v) is 3.78. The Labute approximate surface area is 126 Å². The normalized spacial score (nSPS) is 12.3. The van der Waals surface area contributed by atoms with Crippen LogP contribution in [0.3, 0.4) is 0 Å². The summed E-state index contributed by atoms with van der Waals surface area (Å²) in [6.45, 7) is 5.07. The van der Waals surface area contributed by atoms with Gasteiger partial charge in [-0.25, -0.2) is 4.98 Å². The molecule has 1 unspecified atom stereocenters. The van der Waals surface area contributed by atoms with Crippen LogP contribution in [0.1, 0.15) is 50.0 Å². The topological polar surface area (TPSA) is 54.9 Å². The Bertz CT molecular complexity index is 597. The monoisotopic (exact) mass is 285 g/mol. The van der Waals surface area contributed by atoms with Gasteiger partial charge in [-0.3, -0.25) is 9.78 Å². The Kier molecular flexibility index (Phi) is 5.67. The van der Waals surface area contributed by atoms with E-state index in [4.69, 9.17) is 0 Å². The van der Waals surface area contributed by atoms with Gasteiger partial charge in [0.1, 0.15) is 5.69 Å². The number of rotatable bonds is 7. The Morgan fingerprint density at radius 3 is 2.71 bits per heavy atom. The summed E-state index contributed by atoms with van der Waals surface area (Å²) in [5.74, 6) is 0.408. The minimum Gasteiger partial charge on any atom is -0.350 e. The van der Waals surface area contributed by atoms with Crippen LogP contribution in [0.4, 0.5) is 0 Å². The second-order valence-electron chi connectivity index (χ2n) is 5.37. The standard InChI is InChI=1S/C17H23N3O/c1-3-5-8-13(4-2)11-19-17(21)16-12-18-14-9-6-7-10-15(14)20-16/h6-7,9-10,12-13H,3-5,8,11H2,1-2H3,(H,19,21). The number of benzene rings is 1. The fraction of sp³-hybridized carbons (Fsp3) is 0.471. The summed E-state index contributed by atoms with van der Waals surface area (Å²) in [5, 5.41) is 2.98. The molecular formula is C17H23N3O. The first-order valence-electron chi connectivity index (χ1n) is 7.74. The predicted molar refractivity (Wildman–Crippen MR) is 85.2 cm³/mol. The molecule has 0 saturated carbocycles.